The van der Waals surface area contributed by atoms with Crippen LogP contribution in [0, 0.1) is 0 Å². The zero-order chi connectivity index (χ0) is 15.0. The van der Waals surface area contributed by atoms with Crippen molar-refractivity contribution in [2.75, 3.05) is 33.4 Å². The number of nitrogens with zero attached hydrogens (tertiary/aromatic N) is 1. The zero-order valence-corrected chi connectivity index (χ0v) is 12.5. The molecule has 0 aliphatic rings. The average molecular weight is 300 g/mol. The Labute approximate surface area is 122 Å². The van der Waals surface area contributed by atoms with Crippen molar-refractivity contribution in [3.8, 4) is 0 Å². The Morgan fingerprint density at radius 3 is 2.80 bits per heavy atom. The quantitative estimate of drug-likeness (QED) is 0.710. The molecule has 0 bridgehead atoms. The fourth-order valence-electron chi connectivity index (χ4n) is 1.72. The van der Waals surface area contributed by atoms with E-state index < -0.39 is 5.97 Å². The normalized spacial score (nSPS) is 12.3. The molecular formula is C13H20N2O4S. The van der Waals surface area contributed by atoms with Gasteiger partial charge < -0.3 is 15.2 Å². The van der Waals surface area contributed by atoms with Gasteiger partial charge in [0.05, 0.1) is 25.7 Å². The van der Waals surface area contributed by atoms with E-state index in [0.717, 1.165) is 4.88 Å². The second-order valence-electron chi connectivity index (χ2n) is 4.40. The molecule has 1 rings (SSSR count). The van der Waals surface area contributed by atoms with Crippen LogP contribution in [0.2, 0.25) is 0 Å². The first-order chi connectivity index (χ1) is 9.52. The molecule has 1 aromatic heterocycles. The number of thiophene rings is 1. The minimum absolute atomic E-state index is 0.0470. The summed E-state index contributed by atoms with van der Waals surface area (Å²) in [6, 6.07) is 3.81. The van der Waals surface area contributed by atoms with Crippen LogP contribution in [0.3, 0.4) is 0 Å². The Hall–Kier alpha value is -1.44. The third-order valence-corrected chi connectivity index (χ3v) is 3.74. The Morgan fingerprint density at radius 2 is 2.25 bits per heavy atom. The highest BCUT2D eigenvalue weighted by Gasteiger charge is 2.16. The molecule has 1 amide bonds. The number of aliphatic carboxylic acids is 1. The summed E-state index contributed by atoms with van der Waals surface area (Å²) in [6.45, 7) is 2.57. The van der Waals surface area contributed by atoms with E-state index in [9.17, 15) is 9.59 Å². The number of methoxy groups -OCH3 is 1. The number of nitrogens with one attached hydrogen (secondary N) is 1. The van der Waals surface area contributed by atoms with Crippen LogP contribution >= 0.6 is 11.3 Å². The molecule has 1 atom stereocenters. The molecule has 0 radical (unpaired) electrons. The summed E-state index contributed by atoms with van der Waals surface area (Å²) < 4.78 is 4.91. The molecule has 0 saturated carbocycles. The van der Waals surface area contributed by atoms with Crippen LogP contribution in [0.5, 0.6) is 0 Å². The number of hydrogen-bond donors (Lipinski definition) is 2. The van der Waals surface area contributed by atoms with Gasteiger partial charge in [0.15, 0.2) is 0 Å². The lowest BCUT2D eigenvalue weighted by Gasteiger charge is -2.20. The van der Waals surface area contributed by atoms with Crippen LogP contribution < -0.4 is 5.32 Å². The number of amides is 1. The second-order valence-corrected chi connectivity index (χ2v) is 5.38. The van der Waals surface area contributed by atoms with Gasteiger partial charge in [0.2, 0.25) is 5.91 Å². The van der Waals surface area contributed by atoms with Crippen molar-refractivity contribution in [2.24, 2.45) is 0 Å². The van der Waals surface area contributed by atoms with Crippen LogP contribution in [-0.4, -0.2) is 55.2 Å². The predicted octanol–water partition coefficient (Wildman–Crippen LogP) is 0.958. The van der Waals surface area contributed by atoms with E-state index in [1.807, 2.05) is 24.4 Å². The topological polar surface area (TPSA) is 78.9 Å². The number of carboxylic acid groups (broad SMARTS) is 1. The second kappa shape index (κ2) is 8.68. The third-order valence-electron chi connectivity index (χ3n) is 2.69. The van der Waals surface area contributed by atoms with Crippen molar-refractivity contribution >= 4 is 23.2 Å². The van der Waals surface area contributed by atoms with Gasteiger partial charge in [-0.05, 0) is 18.4 Å². The molecule has 112 valence electrons. The number of carbonyl (C=O) groups is 2. The first-order valence-electron chi connectivity index (χ1n) is 6.28. The molecule has 0 aromatic carbocycles. The maximum absolute atomic E-state index is 11.9. The monoisotopic (exact) mass is 300 g/mol. The molecule has 0 saturated heterocycles. The number of carboxylic acids is 1. The summed E-state index contributed by atoms with van der Waals surface area (Å²) in [5, 5.41) is 13.6. The number of carbonyl (C=O) groups excluding carboxylic acids is 1. The largest absolute Gasteiger partial charge is 0.480 e. The van der Waals surface area contributed by atoms with Crippen molar-refractivity contribution in [3.63, 3.8) is 0 Å². The molecule has 7 heteroatoms. The van der Waals surface area contributed by atoms with Gasteiger partial charge in [-0.25, -0.2) is 0 Å². The lowest BCUT2D eigenvalue weighted by molar-refractivity contribution is -0.138. The number of hydrogen-bond acceptors (Lipinski definition) is 5. The van der Waals surface area contributed by atoms with Crippen molar-refractivity contribution in [2.45, 2.75) is 13.0 Å². The number of rotatable bonds is 9. The fraction of sp³-hybridized carbons (Fsp3) is 0.538. The van der Waals surface area contributed by atoms with Crippen molar-refractivity contribution < 1.29 is 19.4 Å². The van der Waals surface area contributed by atoms with Gasteiger partial charge in [-0.1, -0.05) is 6.07 Å². The van der Waals surface area contributed by atoms with Gasteiger partial charge in [-0.2, -0.15) is 0 Å². The first-order valence-corrected chi connectivity index (χ1v) is 7.16. The van der Waals surface area contributed by atoms with Gasteiger partial charge in [0, 0.05) is 18.5 Å². The summed E-state index contributed by atoms with van der Waals surface area (Å²) in [5.41, 5.74) is 0. The highest BCUT2D eigenvalue weighted by atomic mass is 32.1. The van der Waals surface area contributed by atoms with E-state index in [4.69, 9.17) is 9.84 Å². The van der Waals surface area contributed by atoms with Crippen molar-refractivity contribution in [3.05, 3.63) is 22.4 Å². The Morgan fingerprint density at radius 1 is 1.50 bits per heavy atom. The first kappa shape index (κ1) is 16.6. The Bertz CT molecular complexity index is 422. The van der Waals surface area contributed by atoms with Crippen molar-refractivity contribution in [1.29, 1.82) is 0 Å². The van der Waals surface area contributed by atoms with Crippen molar-refractivity contribution in [1.82, 2.24) is 10.2 Å². The van der Waals surface area contributed by atoms with Gasteiger partial charge >= 0.3 is 5.97 Å². The maximum Gasteiger partial charge on any atom is 0.317 e. The smallest absolute Gasteiger partial charge is 0.317 e. The van der Waals surface area contributed by atoms with E-state index in [0.29, 0.717) is 13.2 Å². The van der Waals surface area contributed by atoms with Gasteiger partial charge in [0.1, 0.15) is 0 Å². The Kier molecular flexibility index (Phi) is 7.21. The Balaban J connectivity index is 2.46. The van der Waals surface area contributed by atoms with E-state index in [1.54, 1.807) is 16.2 Å². The summed E-state index contributed by atoms with van der Waals surface area (Å²) in [7, 11) is 1.54. The molecular weight excluding hydrogens is 280 g/mol. The molecule has 6 nitrogen and oxygen atoms in total. The summed E-state index contributed by atoms with van der Waals surface area (Å²) in [6.07, 6.45) is 0. The van der Waals surface area contributed by atoms with E-state index in [2.05, 4.69) is 5.32 Å². The molecule has 0 aliphatic heterocycles. The highest BCUT2D eigenvalue weighted by molar-refractivity contribution is 7.10. The van der Waals surface area contributed by atoms with E-state index in [-0.39, 0.29) is 25.0 Å². The van der Waals surface area contributed by atoms with Gasteiger partial charge in [-0.3, -0.25) is 14.5 Å². The van der Waals surface area contributed by atoms with E-state index in [1.165, 1.54) is 7.11 Å². The van der Waals surface area contributed by atoms with Crippen LogP contribution in [-0.2, 0) is 14.3 Å². The third kappa shape index (κ3) is 6.14. The fourth-order valence-corrected chi connectivity index (χ4v) is 2.46. The maximum atomic E-state index is 11.9. The molecule has 2 N–H and O–H groups in total. The molecule has 1 heterocycles. The molecule has 0 fully saturated rings. The minimum Gasteiger partial charge on any atom is -0.480 e. The van der Waals surface area contributed by atoms with Gasteiger partial charge in [0.25, 0.3) is 0 Å². The van der Waals surface area contributed by atoms with Gasteiger partial charge in [-0.15, -0.1) is 11.3 Å². The molecule has 1 aromatic rings. The SMILES string of the molecule is COCCN(CC(=O)O)CC(=O)NC(C)c1cccs1. The number of ether oxygens (including phenoxy) is 1. The summed E-state index contributed by atoms with van der Waals surface area (Å²) in [5.74, 6) is -1.15. The molecule has 20 heavy (non-hydrogen) atoms. The van der Waals surface area contributed by atoms with Crippen LogP contribution in [0.15, 0.2) is 17.5 Å². The van der Waals surface area contributed by atoms with Crippen LogP contribution in [0.1, 0.15) is 17.8 Å². The van der Waals surface area contributed by atoms with E-state index >= 15 is 0 Å². The zero-order valence-electron chi connectivity index (χ0n) is 11.7. The lowest BCUT2D eigenvalue weighted by atomic mass is 10.2. The molecule has 0 aliphatic carbocycles. The lowest BCUT2D eigenvalue weighted by Crippen LogP contribution is -2.41. The standard InChI is InChI=1S/C13H20N2O4S/c1-10(11-4-3-7-20-11)14-12(16)8-15(5-6-19-2)9-13(17)18/h3-4,7,10H,5-6,8-9H2,1-2H3,(H,14,16)(H,17,18). The predicted molar refractivity (Wildman–Crippen MR) is 76.8 cm³/mol. The average Bonchev–Trinajstić information content (AvgIpc) is 2.88. The highest BCUT2D eigenvalue weighted by Crippen LogP contribution is 2.17. The summed E-state index contributed by atoms with van der Waals surface area (Å²) >= 11 is 1.57. The van der Waals surface area contributed by atoms with Crippen LogP contribution in [0.4, 0.5) is 0 Å². The van der Waals surface area contributed by atoms with Crippen LogP contribution in [0.25, 0.3) is 0 Å². The molecule has 0 spiro atoms. The molecule has 1 unspecified atom stereocenters. The minimum atomic E-state index is -0.958. The summed E-state index contributed by atoms with van der Waals surface area (Å²) in [4.78, 5) is 25.3.